The van der Waals surface area contributed by atoms with E-state index in [1.165, 1.54) is 38.4 Å². The van der Waals surface area contributed by atoms with Crippen molar-refractivity contribution in [1.82, 2.24) is 9.73 Å². The van der Waals surface area contributed by atoms with Crippen LogP contribution in [0.3, 0.4) is 0 Å². The van der Waals surface area contributed by atoms with Gasteiger partial charge in [0.15, 0.2) is 5.11 Å². The lowest BCUT2D eigenvalue weighted by atomic mass is 10.3. The molecule has 9 heteroatoms. The van der Waals surface area contributed by atoms with E-state index in [9.17, 15) is 12.8 Å². The van der Waals surface area contributed by atoms with Crippen LogP contribution in [0.15, 0.2) is 53.4 Å². The molecule has 0 amide bonds. The molecule has 0 heterocycles. The van der Waals surface area contributed by atoms with Crippen molar-refractivity contribution in [3.05, 3.63) is 54.3 Å². The summed E-state index contributed by atoms with van der Waals surface area (Å²) in [5.41, 5.74) is 6.70. The average Bonchev–Trinajstić information content (AvgIpc) is 2.54. The Balaban J connectivity index is 2.00. The van der Waals surface area contributed by atoms with Gasteiger partial charge in [-0.05, 0) is 54.7 Å². The molecule has 2 aromatic rings. The number of sulfonamides is 1. The zero-order chi connectivity index (χ0) is 17.7. The minimum absolute atomic E-state index is 0.159. The summed E-state index contributed by atoms with van der Waals surface area (Å²) >= 11 is 5.13. The van der Waals surface area contributed by atoms with E-state index in [1.807, 2.05) is 0 Å². The molecular formula is C15H17FN4O2S2. The zero-order valence-corrected chi connectivity index (χ0v) is 14.7. The minimum Gasteiger partial charge on any atom is -0.331 e. The lowest BCUT2D eigenvalue weighted by molar-refractivity contribution is 0.521. The number of rotatable bonds is 5. The van der Waals surface area contributed by atoms with E-state index in [0.29, 0.717) is 11.4 Å². The van der Waals surface area contributed by atoms with E-state index in [4.69, 9.17) is 12.2 Å². The Morgan fingerprint density at radius 3 is 2.38 bits per heavy atom. The van der Waals surface area contributed by atoms with E-state index in [2.05, 4.69) is 16.2 Å². The van der Waals surface area contributed by atoms with Gasteiger partial charge in [-0.1, -0.05) is 6.07 Å². The predicted molar refractivity (Wildman–Crippen MR) is 96.7 cm³/mol. The van der Waals surface area contributed by atoms with Crippen LogP contribution in [0.4, 0.5) is 15.8 Å². The fourth-order valence-corrected chi connectivity index (χ4v) is 2.89. The third kappa shape index (κ3) is 4.63. The molecule has 0 aliphatic heterocycles. The molecule has 128 valence electrons. The van der Waals surface area contributed by atoms with Crippen molar-refractivity contribution in [2.45, 2.75) is 4.90 Å². The number of thiocarbonyl (C=S) groups is 1. The van der Waals surface area contributed by atoms with Gasteiger partial charge in [0.2, 0.25) is 10.0 Å². The Morgan fingerprint density at radius 2 is 1.75 bits per heavy atom. The first-order valence-electron chi connectivity index (χ1n) is 6.90. The number of nitrogens with zero attached hydrogens (tertiary/aromatic N) is 1. The van der Waals surface area contributed by atoms with Crippen molar-refractivity contribution < 1.29 is 12.8 Å². The van der Waals surface area contributed by atoms with Crippen molar-refractivity contribution in [2.75, 3.05) is 24.8 Å². The largest absolute Gasteiger partial charge is 0.331 e. The maximum Gasteiger partial charge on any atom is 0.242 e. The standard InChI is InChI=1S/C15H17FN4O2S2/c1-20(2)24(21,22)14-5-3-4-13(10-14)17-15(23)19-18-12-8-6-11(16)7-9-12/h3-10,18H,1-2H3,(H2,17,19,23). The molecule has 3 N–H and O–H groups in total. The highest BCUT2D eigenvalue weighted by Gasteiger charge is 2.17. The third-order valence-electron chi connectivity index (χ3n) is 3.04. The monoisotopic (exact) mass is 368 g/mol. The Hall–Kier alpha value is -2.23. The zero-order valence-electron chi connectivity index (χ0n) is 13.1. The van der Waals surface area contributed by atoms with Gasteiger partial charge in [0.1, 0.15) is 5.82 Å². The minimum atomic E-state index is -3.52. The van der Waals surface area contributed by atoms with E-state index < -0.39 is 10.0 Å². The van der Waals surface area contributed by atoms with Gasteiger partial charge in [-0.15, -0.1) is 0 Å². The summed E-state index contributed by atoms with van der Waals surface area (Å²) in [5, 5.41) is 3.11. The lowest BCUT2D eigenvalue weighted by Gasteiger charge is -2.15. The van der Waals surface area contributed by atoms with Gasteiger partial charge in [0.05, 0.1) is 10.6 Å². The molecule has 2 rings (SSSR count). The molecule has 0 bridgehead atoms. The molecule has 0 saturated carbocycles. The highest BCUT2D eigenvalue weighted by atomic mass is 32.2. The van der Waals surface area contributed by atoms with Gasteiger partial charge in [0.25, 0.3) is 0 Å². The maximum atomic E-state index is 12.8. The van der Waals surface area contributed by atoms with Gasteiger partial charge in [-0.2, -0.15) is 0 Å². The van der Waals surface area contributed by atoms with E-state index in [1.54, 1.807) is 24.3 Å². The maximum absolute atomic E-state index is 12.8. The number of nitrogens with one attached hydrogen (secondary N) is 3. The highest BCUT2D eigenvalue weighted by Crippen LogP contribution is 2.17. The average molecular weight is 368 g/mol. The molecule has 0 fully saturated rings. The summed E-state index contributed by atoms with van der Waals surface area (Å²) < 4.78 is 38.2. The van der Waals surface area contributed by atoms with Crippen LogP contribution in [-0.4, -0.2) is 31.9 Å². The van der Waals surface area contributed by atoms with E-state index in [0.717, 1.165) is 4.31 Å². The van der Waals surface area contributed by atoms with Crippen molar-refractivity contribution in [3.8, 4) is 0 Å². The van der Waals surface area contributed by atoms with Gasteiger partial charge < -0.3 is 5.32 Å². The number of benzene rings is 2. The Kier molecular flexibility index (Phi) is 5.71. The van der Waals surface area contributed by atoms with E-state index >= 15 is 0 Å². The van der Waals surface area contributed by atoms with Crippen LogP contribution in [0.1, 0.15) is 0 Å². The summed E-state index contributed by atoms with van der Waals surface area (Å²) in [6, 6.07) is 12.0. The summed E-state index contributed by atoms with van der Waals surface area (Å²) in [4.78, 5) is 0.159. The first-order chi connectivity index (χ1) is 11.3. The van der Waals surface area contributed by atoms with Crippen molar-refractivity contribution in [1.29, 1.82) is 0 Å². The summed E-state index contributed by atoms with van der Waals surface area (Å²) in [7, 11) is -0.583. The van der Waals surface area contributed by atoms with E-state index in [-0.39, 0.29) is 15.8 Å². The molecule has 2 aromatic carbocycles. The normalized spacial score (nSPS) is 11.2. The molecule has 0 aromatic heterocycles. The Bertz CT molecular complexity index is 824. The first-order valence-corrected chi connectivity index (χ1v) is 8.75. The SMILES string of the molecule is CN(C)S(=O)(=O)c1cccc(NC(=S)NNc2ccc(F)cc2)c1. The lowest BCUT2D eigenvalue weighted by Crippen LogP contribution is -2.33. The molecule has 0 unspecified atom stereocenters. The van der Waals surface area contributed by atoms with Crippen molar-refractivity contribution in [3.63, 3.8) is 0 Å². The predicted octanol–water partition coefficient (Wildman–Crippen LogP) is 2.39. The topological polar surface area (TPSA) is 73.5 Å². The van der Waals surface area contributed by atoms with Crippen LogP contribution in [0, 0.1) is 5.82 Å². The third-order valence-corrected chi connectivity index (χ3v) is 5.05. The van der Waals surface area contributed by atoms with Crippen LogP contribution in [-0.2, 0) is 10.0 Å². The van der Waals surface area contributed by atoms with Gasteiger partial charge in [-0.25, -0.2) is 17.1 Å². The molecule has 0 spiro atoms. The van der Waals surface area contributed by atoms with Crippen LogP contribution in [0.2, 0.25) is 0 Å². The second-order valence-electron chi connectivity index (χ2n) is 5.03. The van der Waals surface area contributed by atoms with Crippen LogP contribution in [0.25, 0.3) is 0 Å². The molecule has 0 atom stereocenters. The fourth-order valence-electron chi connectivity index (χ4n) is 1.77. The second kappa shape index (κ2) is 7.56. The number of anilines is 2. The molecule has 0 aliphatic carbocycles. The van der Waals surface area contributed by atoms with Gasteiger partial charge in [0, 0.05) is 19.8 Å². The van der Waals surface area contributed by atoms with Gasteiger partial charge in [-0.3, -0.25) is 10.9 Å². The fraction of sp³-hybridized carbons (Fsp3) is 0.133. The number of hydrogen-bond acceptors (Lipinski definition) is 4. The smallest absolute Gasteiger partial charge is 0.242 e. The number of halogens is 1. The molecule has 24 heavy (non-hydrogen) atoms. The Morgan fingerprint density at radius 1 is 1.08 bits per heavy atom. The summed E-state index contributed by atoms with van der Waals surface area (Å²) in [6.07, 6.45) is 0. The molecule has 0 radical (unpaired) electrons. The summed E-state index contributed by atoms with van der Waals surface area (Å²) in [6.45, 7) is 0. The van der Waals surface area contributed by atoms with Crippen LogP contribution >= 0.6 is 12.2 Å². The van der Waals surface area contributed by atoms with Crippen molar-refractivity contribution in [2.24, 2.45) is 0 Å². The molecule has 0 saturated heterocycles. The number of hydrogen-bond donors (Lipinski definition) is 3. The molecule has 6 nitrogen and oxygen atoms in total. The van der Waals surface area contributed by atoms with Crippen molar-refractivity contribution >= 4 is 38.7 Å². The molecule has 0 aliphatic rings. The second-order valence-corrected chi connectivity index (χ2v) is 7.59. The van der Waals surface area contributed by atoms with Gasteiger partial charge >= 0.3 is 0 Å². The quantitative estimate of drug-likeness (QED) is 0.556. The summed E-state index contributed by atoms with van der Waals surface area (Å²) in [5.74, 6) is -0.333. The van der Waals surface area contributed by atoms with Crippen LogP contribution in [0.5, 0.6) is 0 Å². The number of hydrazine groups is 1. The highest BCUT2D eigenvalue weighted by molar-refractivity contribution is 7.89. The molecular weight excluding hydrogens is 351 g/mol. The van der Waals surface area contributed by atoms with Crippen LogP contribution < -0.4 is 16.2 Å². The first kappa shape index (κ1) is 18.1. The Labute approximate surface area is 145 Å².